The summed E-state index contributed by atoms with van der Waals surface area (Å²) in [5.41, 5.74) is 2.62. The second-order valence-corrected chi connectivity index (χ2v) is 24.8. The molecule has 518 valence electrons. The normalized spacial score (nSPS) is 15.5. The summed E-state index contributed by atoms with van der Waals surface area (Å²) in [7, 11) is 7.76. The van der Waals surface area contributed by atoms with Gasteiger partial charge in [0.15, 0.2) is 0 Å². The van der Waals surface area contributed by atoms with Gasteiger partial charge in [0.1, 0.15) is 9.84 Å². The molecule has 3 aromatic rings. The van der Waals surface area contributed by atoms with E-state index in [4.69, 9.17) is 35.0 Å². The molecule has 7 atom stereocenters. The van der Waals surface area contributed by atoms with Crippen molar-refractivity contribution in [3.63, 3.8) is 0 Å². The number of ether oxygens (including phenoxy) is 8. The van der Waals surface area contributed by atoms with Crippen LogP contribution in [0.5, 0.6) is 0 Å². The molecule has 0 amide bonds. The molecule has 6 N–H and O–H groups in total. The number of carbonyl (C=O) groups excluding carboxylic acids is 6. The quantitative estimate of drug-likeness (QED) is 0.0386. The Morgan fingerprint density at radius 1 is 0.587 bits per heavy atom. The Hall–Kier alpha value is -7.68. The van der Waals surface area contributed by atoms with Gasteiger partial charge in [-0.05, 0) is 103 Å². The van der Waals surface area contributed by atoms with Gasteiger partial charge >= 0.3 is 71.6 Å². The van der Waals surface area contributed by atoms with Crippen LogP contribution in [0.2, 0.25) is 0 Å². The number of thioether (sulfide) groups is 1. The fourth-order valence-electron chi connectivity index (χ4n) is 9.06. The van der Waals surface area contributed by atoms with Gasteiger partial charge < -0.3 is 73.1 Å². The lowest BCUT2D eigenvalue weighted by molar-refractivity contribution is -0.154. The number of methoxy groups -OCH3 is 7. The molecule has 2 fully saturated rings. The molecule has 0 radical (unpaired) electrons. The largest absolute Gasteiger partial charge is 0.481 e. The number of carbonyl (C=O) groups is 12. The number of nitrogens with zero attached hydrogens (tertiary/aromatic N) is 1. The van der Waals surface area contributed by atoms with Crippen LogP contribution in [0.25, 0.3) is 10.9 Å². The van der Waals surface area contributed by atoms with Crippen LogP contribution in [0, 0.1) is 41.4 Å². The van der Waals surface area contributed by atoms with Crippen LogP contribution >= 0.6 is 23.1 Å². The molecule has 92 heavy (non-hydrogen) atoms. The SMILES string of the molecule is COC(=O)CC(C(=O)O)C1CCS(=O)(=O)CC1.COC(=O)CC(C(=O)O)c1ccsc1.COC(=O)C[C@@H](C(=O)O)C1CCOCC1.COC(=O)C[C@@H](CCSC)C(=O)O.COC(=O)C[C@H](C(=O)O)[C@@H](C)OC.COC(=O)C[C@H](Cc1cn(C)c2ccccc12)C(=O)O. The Balaban J connectivity index is 0.00000109. The van der Waals surface area contributed by atoms with Crippen LogP contribution in [-0.2, 0) is 119 Å². The average Bonchev–Trinajstić information content (AvgIpc) is 2.18. The van der Waals surface area contributed by atoms with Gasteiger partial charge in [-0.15, -0.1) is 0 Å². The lowest BCUT2D eigenvalue weighted by atomic mass is 9.84. The van der Waals surface area contributed by atoms with E-state index in [2.05, 4.69) is 28.4 Å². The summed E-state index contributed by atoms with van der Waals surface area (Å²) in [5, 5.41) is 58.2. The Kier molecular flexibility index (Phi) is 41.8. The third-order valence-corrected chi connectivity index (χ3v) is 17.7. The molecule has 2 aromatic heterocycles. The van der Waals surface area contributed by atoms with E-state index in [1.54, 1.807) is 35.5 Å². The zero-order valence-electron chi connectivity index (χ0n) is 53.2. The molecule has 0 bridgehead atoms. The summed E-state index contributed by atoms with van der Waals surface area (Å²) in [6, 6.07) is 9.50. The molecule has 0 saturated carbocycles. The molecule has 4 heterocycles. The highest BCUT2D eigenvalue weighted by molar-refractivity contribution is 7.98. The van der Waals surface area contributed by atoms with Crippen LogP contribution in [0.3, 0.4) is 0 Å². The van der Waals surface area contributed by atoms with Gasteiger partial charge in [-0.25, -0.2) is 8.42 Å². The van der Waals surface area contributed by atoms with Crippen LogP contribution in [0.4, 0.5) is 0 Å². The minimum atomic E-state index is -3.02. The van der Waals surface area contributed by atoms with E-state index in [1.165, 1.54) is 61.1 Å². The standard InChI is InChI=1S/C15H17NO4.C10H16O6S.C10H16O5.C9H10O4S.C8H14O5.C8H14O4S/c1-16-9-11(12-5-3-4-6-13(12)16)7-10(15(18)19)8-14(17)20-2;1-16-9(11)6-8(10(12)13)7-2-4-17(14,15)5-3-7;1-14-9(11)6-8(10(12)13)7-2-4-15-5-3-7;1-13-8(10)4-7(9(11)12)6-2-3-14-5-6;1-5(12-2)6(8(10)11)4-7(9)13-3;1-12-7(9)5-6(8(10)11)3-4-13-2/h3-6,9-10H,7-8H2,1-2H3,(H,18,19);7-8H,2-6H2,1H3,(H,12,13);7-8H,2-6H2,1H3,(H,12,13);2-3,5,7H,4H2,1H3,(H,11,12);5-6H,4H2,1-3H3,(H,10,11);6H,3-5H2,1-2H3,(H,10,11)/t10-;;8-;;5-,6+;6-/m0.1.11/s1. The number of hydrogen-bond acceptors (Lipinski definition) is 24. The summed E-state index contributed by atoms with van der Waals surface area (Å²) < 4.78 is 61.1. The van der Waals surface area contributed by atoms with E-state index in [9.17, 15) is 71.1 Å². The first-order valence-corrected chi connectivity index (χ1v) is 32.6. The van der Waals surface area contributed by atoms with Crippen molar-refractivity contribution < 1.29 is 134 Å². The third-order valence-electron chi connectivity index (χ3n) is 14.7. The van der Waals surface area contributed by atoms with E-state index >= 15 is 0 Å². The van der Waals surface area contributed by atoms with Crippen molar-refractivity contribution in [1.29, 1.82) is 0 Å². The molecule has 2 aliphatic heterocycles. The molecule has 2 unspecified atom stereocenters. The molecule has 2 saturated heterocycles. The molecule has 0 spiro atoms. The number of rotatable bonds is 28. The Bertz CT molecular complexity index is 2920. The highest BCUT2D eigenvalue weighted by atomic mass is 32.2. The van der Waals surface area contributed by atoms with Crippen molar-refractivity contribution in [2.45, 2.75) is 96.0 Å². The zero-order chi connectivity index (χ0) is 70.3. The Labute approximate surface area is 541 Å². The topological polar surface area (TPSA) is 439 Å². The molecule has 5 rings (SSSR count). The van der Waals surface area contributed by atoms with E-state index < -0.39 is 123 Å². The number of carboxylic acids is 6. The van der Waals surface area contributed by atoms with E-state index in [0.29, 0.717) is 57.3 Å². The Morgan fingerprint density at radius 3 is 1.45 bits per heavy atom. The van der Waals surface area contributed by atoms with E-state index in [-0.39, 0.29) is 61.9 Å². The van der Waals surface area contributed by atoms with Gasteiger partial charge in [-0.3, -0.25) is 57.5 Å². The monoisotopic (exact) mass is 1370 g/mol. The van der Waals surface area contributed by atoms with Gasteiger partial charge in [0.05, 0.1) is 134 Å². The van der Waals surface area contributed by atoms with E-state index in [0.717, 1.165) is 22.2 Å². The van der Waals surface area contributed by atoms with Crippen LogP contribution in [0.1, 0.15) is 94.6 Å². The van der Waals surface area contributed by atoms with Crippen molar-refractivity contribution in [3.05, 3.63) is 58.4 Å². The van der Waals surface area contributed by atoms with Crippen LogP contribution in [0.15, 0.2) is 47.3 Å². The number of aliphatic carboxylic acids is 6. The minimum absolute atomic E-state index is 0.00260. The highest BCUT2D eigenvalue weighted by Gasteiger charge is 2.36. The van der Waals surface area contributed by atoms with Gasteiger partial charge in [0.25, 0.3) is 0 Å². The first kappa shape index (κ1) is 84.3. The van der Waals surface area contributed by atoms with Gasteiger partial charge in [-0.2, -0.15) is 23.1 Å². The first-order chi connectivity index (χ1) is 43.3. The van der Waals surface area contributed by atoms with Crippen molar-refractivity contribution >= 4 is 115 Å². The van der Waals surface area contributed by atoms with Gasteiger partial charge in [0.2, 0.25) is 0 Å². The maximum absolute atomic E-state index is 11.3. The van der Waals surface area contributed by atoms with Crippen LogP contribution in [-0.4, -0.2) is 208 Å². The van der Waals surface area contributed by atoms with Gasteiger partial charge in [-0.1, -0.05) is 18.2 Å². The number of benzene rings is 1. The average molecular weight is 1370 g/mol. The number of thiophene rings is 1. The Morgan fingerprint density at radius 2 is 1.03 bits per heavy atom. The molecule has 2 aliphatic rings. The number of aromatic nitrogens is 1. The predicted octanol–water partition coefficient (Wildman–Crippen LogP) is 5.50. The molecule has 1 aromatic carbocycles. The van der Waals surface area contributed by atoms with Gasteiger partial charge in [0, 0.05) is 44.5 Å². The summed E-state index contributed by atoms with van der Waals surface area (Å²) in [4.78, 5) is 131. The van der Waals surface area contributed by atoms with Crippen molar-refractivity contribution in [2.24, 2.45) is 48.5 Å². The number of aryl methyl sites for hydroxylation is 1. The van der Waals surface area contributed by atoms with Crippen molar-refractivity contribution in [1.82, 2.24) is 4.57 Å². The number of hydrogen-bond donors (Lipinski definition) is 6. The second-order valence-electron chi connectivity index (χ2n) is 20.7. The summed E-state index contributed by atoms with van der Waals surface area (Å²) >= 11 is 2.97. The first-order valence-electron chi connectivity index (χ1n) is 28.4. The number of carboxylic acid groups (broad SMARTS) is 6. The number of para-hydroxylation sites is 1. The summed E-state index contributed by atoms with van der Waals surface area (Å²) in [5.74, 6) is -13.0. The maximum Gasteiger partial charge on any atom is 0.311 e. The lowest BCUT2D eigenvalue weighted by Crippen LogP contribution is -2.33. The third kappa shape index (κ3) is 33.1. The van der Waals surface area contributed by atoms with Crippen molar-refractivity contribution in [2.75, 3.05) is 86.5 Å². The molecular weight excluding hydrogens is 1280 g/mol. The minimum Gasteiger partial charge on any atom is -0.481 e. The molecule has 29 nitrogen and oxygen atoms in total. The lowest BCUT2D eigenvalue weighted by Gasteiger charge is -2.26. The molecule has 0 aliphatic carbocycles. The fourth-order valence-corrected chi connectivity index (χ4v) is 11.8. The highest BCUT2D eigenvalue weighted by Crippen LogP contribution is 2.30. The number of sulfone groups is 1. The van der Waals surface area contributed by atoms with E-state index in [1.807, 2.05) is 48.3 Å². The predicted molar refractivity (Wildman–Crippen MR) is 331 cm³/mol. The van der Waals surface area contributed by atoms with Crippen molar-refractivity contribution in [3.8, 4) is 0 Å². The number of esters is 6. The maximum atomic E-state index is 11.3. The fraction of sp³-hybridized carbons (Fsp3) is 0.600. The summed E-state index contributed by atoms with van der Waals surface area (Å²) in [6.45, 7) is 2.76. The van der Waals surface area contributed by atoms with Crippen LogP contribution < -0.4 is 0 Å². The zero-order valence-corrected chi connectivity index (χ0v) is 55.6. The summed E-state index contributed by atoms with van der Waals surface area (Å²) in [6.07, 6.45) is 5.45. The second kappa shape index (κ2) is 45.6. The molecule has 32 heteroatoms. The smallest absolute Gasteiger partial charge is 0.311 e. The molecular formula is C60H87NO28S3. The number of fused-ring (bicyclic) bond motifs is 1.